The summed E-state index contributed by atoms with van der Waals surface area (Å²) in [6.07, 6.45) is 10.5. The van der Waals surface area contributed by atoms with Crippen LogP contribution in [-0.4, -0.2) is 58.0 Å². The normalized spacial score (nSPS) is 14.8. The number of fused-ring (bicyclic) bond motifs is 1. The van der Waals surface area contributed by atoms with Gasteiger partial charge in [-0.15, -0.1) is 0 Å². The highest BCUT2D eigenvalue weighted by atomic mass is 16.3. The van der Waals surface area contributed by atoms with E-state index in [1.54, 1.807) is 12.5 Å². The van der Waals surface area contributed by atoms with Gasteiger partial charge in [0.15, 0.2) is 0 Å². The lowest BCUT2D eigenvalue weighted by molar-refractivity contribution is 0.0741. The van der Waals surface area contributed by atoms with Crippen LogP contribution in [0.3, 0.4) is 0 Å². The van der Waals surface area contributed by atoms with Crippen molar-refractivity contribution in [1.82, 2.24) is 19.4 Å². The first-order valence-corrected chi connectivity index (χ1v) is 14.0. The van der Waals surface area contributed by atoms with Crippen molar-refractivity contribution in [2.24, 2.45) is 11.8 Å². The van der Waals surface area contributed by atoms with Crippen LogP contribution in [0.4, 0.5) is 0 Å². The SMILES string of the molecule is CC(C)CCN(CCC(C)C)C(=O)c1ccc2nc(-c3ccoc3)n(CCCN3CCCCC3)c2c1. The monoisotopic (exact) mass is 492 g/mol. The summed E-state index contributed by atoms with van der Waals surface area (Å²) in [5, 5.41) is 0. The smallest absolute Gasteiger partial charge is 0.253 e. The Morgan fingerprint density at radius 3 is 2.36 bits per heavy atom. The Kier molecular flexibility index (Phi) is 9.24. The summed E-state index contributed by atoms with van der Waals surface area (Å²) in [5.41, 5.74) is 3.69. The minimum Gasteiger partial charge on any atom is -0.472 e. The summed E-state index contributed by atoms with van der Waals surface area (Å²) in [6.45, 7) is 14.9. The zero-order chi connectivity index (χ0) is 25.5. The summed E-state index contributed by atoms with van der Waals surface area (Å²) < 4.78 is 7.67. The second kappa shape index (κ2) is 12.6. The fraction of sp³-hybridized carbons (Fsp3) is 0.600. The van der Waals surface area contributed by atoms with E-state index in [0.717, 1.165) is 73.4 Å². The van der Waals surface area contributed by atoms with Crippen LogP contribution in [0.1, 0.15) is 76.6 Å². The molecule has 3 heterocycles. The van der Waals surface area contributed by atoms with Gasteiger partial charge in [0.1, 0.15) is 12.1 Å². The summed E-state index contributed by atoms with van der Waals surface area (Å²) >= 11 is 0. The van der Waals surface area contributed by atoms with Gasteiger partial charge < -0.3 is 18.8 Å². The Morgan fingerprint density at radius 1 is 1.00 bits per heavy atom. The molecule has 3 aromatic rings. The first-order valence-electron chi connectivity index (χ1n) is 14.0. The number of rotatable bonds is 12. The average molecular weight is 493 g/mol. The number of furan rings is 1. The molecule has 0 bridgehead atoms. The predicted octanol–water partition coefficient (Wildman–Crippen LogP) is 6.71. The van der Waals surface area contributed by atoms with E-state index in [9.17, 15) is 4.79 Å². The summed E-state index contributed by atoms with van der Waals surface area (Å²) in [5.74, 6) is 2.18. The first kappa shape index (κ1) is 26.5. The van der Waals surface area contributed by atoms with Crippen LogP contribution in [0.5, 0.6) is 0 Å². The Bertz CT molecular complexity index is 1080. The van der Waals surface area contributed by atoms with Crippen LogP contribution in [0, 0.1) is 11.8 Å². The number of piperidine rings is 1. The second-order valence-corrected chi connectivity index (χ2v) is 11.2. The molecular formula is C30H44N4O2. The van der Waals surface area contributed by atoms with E-state index in [2.05, 4.69) is 48.1 Å². The van der Waals surface area contributed by atoms with Crippen molar-refractivity contribution in [3.8, 4) is 11.4 Å². The molecule has 1 aliphatic rings. The second-order valence-electron chi connectivity index (χ2n) is 11.2. The van der Waals surface area contributed by atoms with E-state index in [-0.39, 0.29) is 5.91 Å². The van der Waals surface area contributed by atoms with Crippen LogP contribution >= 0.6 is 0 Å². The molecule has 0 saturated carbocycles. The summed E-state index contributed by atoms with van der Waals surface area (Å²) in [7, 11) is 0. The Balaban J connectivity index is 1.60. The molecule has 6 heteroatoms. The fourth-order valence-corrected chi connectivity index (χ4v) is 5.06. The molecule has 0 atom stereocenters. The van der Waals surface area contributed by atoms with Crippen LogP contribution in [0.25, 0.3) is 22.4 Å². The maximum atomic E-state index is 13.7. The van der Waals surface area contributed by atoms with Crippen molar-refractivity contribution in [3.63, 3.8) is 0 Å². The number of hydrogen-bond donors (Lipinski definition) is 0. The largest absolute Gasteiger partial charge is 0.472 e. The van der Waals surface area contributed by atoms with Crippen LogP contribution in [-0.2, 0) is 6.54 Å². The van der Waals surface area contributed by atoms with Gasteiger partial charge in [-0.3, -0.25) is 4.79 Å². The summed E-state index contributed by atoms with van der Waals surface area (Å²) in [6, 6.07) is 7.99. The minimum atomic E-state index is 0.129. The molecule has 6 nitrogen and oxygen atoms in total. The molecule has 1 fully saturated rings. The molecule has 2 aromatic heterocycles. The van der Waals surface area contributed by atoms with Gasteiger partial charge in [-0.2, -0.15) is 0 Å². The molecule has 0 aliphatic carbocycles. The number of benzene rings is 1. The number of nitrogens with zero attached hydrogens (tertiary/aromatic N) is 4. The van der Waals surface area contributed by atoms with Crippen molar-refractivity contribution < 1.29 is 9.21 Å². The number of imidazole rings is 1. The molecule has 1 amide bonds. The number of carbonyl (C=O) groups excluding carboxylic acids is 1. The lowest BCUT2D eigenvalue weighted by atomic mass is 10.1. The maximum absolute atomic E-state index is 13.7. The molecule has 4 rings (SSSR count). The van der Waals surface area contributed by atoms with Crippen molar-refractivity contribution in [1.29, 1.82) is 0 Å². The van der Waals surface area contributed by atoms with E-state index < -0.39 is 0 Å². The topological polar surface area (TPSA) is 54.5 Å². The van der Waals surface area contributed by atoms with Crippen molar-refractivity contribution in [2.45, 2.75) is 72.8 Å². The highest BCUT2D eigenvalue weighted by Gasteiger charge is 2.20. The third-order valence-electron chi connectivity index (χ3n) is 7.32. The molecule has 0 N–H and O–H groups in total. The van der Waals surface area contributed by atoms with E-state index in [4.69, 9.17) is 9.40 Å². The lowest BCUT2D eigenvalue weighted by Crippen LogP contribution is -2.34. The summed E-state index contributed by atoms with van der Waals surface area (Å²) in [4.78, 5) is 23.2. The van der Waals surface area contributed by atoms with Crippen molar-refractivity contribution >= 4 is 16.9 Å². The maximum Gasteiger partial charge on any atom is 0.253 e. The third kappa shape index (κ3) is 6.78. The van der Waals surface area contributed by atoms with Crippen LogP contribution in [0.2, 0.25) is 0 Å². The van der Waals surface area contributed by atoms with Gasteiger partial charge in [-0.05, 0) is 87.8 Å². The fourth-order valence-electron chi connectivity index (χ4n) is 5.06. The molecule has 0 radical (unpaired) electrons. The Morgan fingerprint density at radius 2 is 1.72 bits per heavy atom. The van der Waals surface area contributed by atoms with E-state index in [1.165, 1.54) is 32.4 Å². The van der Waals surface area contributed by atoms with Crippen LogP contribution < -0.4 is 0 Å². The number of aromatic nitrogens is 2. The zero-order valence-electron chi connectivity index (χ0n) is 22.7. The van der Waals surface area contributed by atoms with Gasteiger partial charge >= 0.3 is 0 Å². The molecule has 0 unspecified atom stereocenters. The number of hydrogen-bond acceptors (Lipinski definition) is 4. The van der Waals surface area contributed by atoms with Gasteiger partial charge in [0.25, 0.3) is 5.91 Å². The van der Waals surface area contributed by atoms with Crippen LogP contribution in [0.15, 0.2) is 41.2 Å². The van der Waals surface area contributed by atoms with Gasteiger partial charge in [0, 0.05) is 25.2 Å². The zero-order valence-corrected chi connectivity index (χ0v) is 22.7. The number of amides is 1. The molecular weight excluding hydrogens is 448 g/mol. The molecule has 1 saturated heterocycles. The van der Waals surface area contributed by atoms with Gasteiger partial charge in [0.2, 0.25) is 0 Å². The first-order chi connectivity index (χ1) is 17.4. The molecule has 1 aliphatic heterocycles. The number of carbonyl (C=O) groups is 1. The molecule has 196 valence electrons. The molecule has 36 heavy (non-hydrogen) atoms. The van der Waals surface area contributed by atoms with Gasteiger partial charge in [-0.25, -0.2) is 4.98 Å². The molecule has 0 spiro atoms. The van der Waals surface area contributed by atoms with E-state index >= 15 is 0 Å². The van der Waals surface area contributed by atoms with Crippen molar-refractivity contribution in [2.75, 3.05) is 32.7 Å². The number of aryl methyl sites for hydroxylation is 1. The third-order valence-corrected chi connectivity index (χ3v) is 7.32. The van der Waals surface area contributed by atoms with Crippen molar-refractivity contribution in [3.05, 3.63) is 42.4 Å². The average Bonchev–Trinajstić information content (AvgIpc) is 3.52. The Hall–Kier alpha value is -2.60. The van der Waals surface area contributed by atoms with E-state index in [1.807, 2.05) is 18.2 Å². The highest BCUT2D eigenvalue weighted by molar-refractivity contribution is 5.98. The minimum absolute atomic E-state index is 0.129. The lowest BCUT2D eigenvalue weighted by Gasteiger charge is -2.26. The Labute approximate surface area is 216 Å². The predicted molar refractivity (Wildman–Crippen MR) is 147 cm³/mol. The van der Waals surface area contributed by atoms with Gasteiger partial charge in [-0.1, -0.05) is 34.1 Å². The molecule has 1 aromatic carbocycles. The highest BCUT2D eigenvalue weighted by Crippen LogP contribution is 2.27. The van der Waals surface area contributed by atoms with E-state index in [0.29, 0.717) is 11.8 Å². The number of likely N-dealkylation sites (tertiary alicyclic amines) is 1. The standard InChI is InChI=1S/C30H44N4O2/c1-23(2)11-18-33(19-12-24(3)4)30(35)25-9-10-27-28(21-25)34(29(31-27)26-13-20-36-22-26)17-8-16-32-14-6-5-7-15-32/h9-10,13,20-24H,5-8,11-12,14-19H2,1-4H3. The quantitative estimate of drug-likeness (QED) is 0.282. The van der Waals surface area contributed by atoms with Gasteiger partial charge in [0.05, 0.1) is 22.9 Å².